The molecule has 24 heavy (non-hydrogen) atoms. The minimum Gasteiger partial charge on any atom is -0.469 e. The Morgan fingerprint density at radius 2 is 2.12 bits per heavy atom. The quantitative estimate of drug-likeness (QED) is 0.162. The van der Waals surface area contributed by atoms with E-state index in [9.17, 15) is 4.79 Å². The monoisotopic (exact) mass is 457 g/mol. The first-order valence-corrected chi connectivity index (χ1v) is 8.54. The number of nitrogens with one attached hydrogen (secondary N) is 2. The Bertz CT molecular complexity index is 350. The van der Waals surface area contributed by atoms with Crippen LogP contribution in [0.15, 0.2) is 4.99 Å². The highest BCUT2D eigenvalue weighted by molar-refractivity contribution is 14.0. The Kier molecular flexibility index (Phi) is 15.5. The topological polar surface area (TPSA) is 81.2 Å². The summed E-state index contributed by atoms with van der Waals surface area (Å²) in [6.07, 6.45) is 4.35. The van der Waals surface area contributed by atoms with E-state index < -0.39 is 0 Å². The number of aliphatic imine (C=N–C) groups is 1. The molecule has 1 fully saturated rings. The molecule has 8 heteroatoms. The molecule has 1 atom stereocenters. The third-order valence-corrected chi connectivity index (χ3v) is 3.49. The number of hydrogen-bond acceptors (Lipinski definition) is 5. The van der Waals surface area contributed by atoms with Crippen LogP contribution >= 0.6 is 24.0 Å². The van der Waals surface area contributed by atoms with Gasteiger partial charge in [-0.2, -0.15) is 0 Å². The van der Waals surface area contributed by atoms with Crippen LogP contribution in [0.25, 0.3) is 0 Å². The zero-order valence-corrected chi connectivity index (χ0v) is 17.2. The van der Waals surface area contributed by atoms with Gasteiger partial charge in [-0.1, -0.05) is 0 Å². The molecule has 1 aliphatic rings. The van der Waals surface area contributed by atoms with Gasteiger partial charge in [-0.3, -0.25) is 9.79 Å². The van der Waals surface area contributed by atoms with Crippen molar-refractivity contribution in [3.8, 4) is 0 Å². The molecule has 0 saturated carbocycles. The molecule has 0 aromatic rings. The normalized spacial score (nSPS) is 17.2. The summed E-state index contributed by atoms with van der Waals surface area (Å²) in [4.78, 5) is 15.5. The summed E-state index contributed by atoms with van der Waals surface area (Å²) in [5, 5.41) is 6.48. The van der Waals surface area contributed by atoms with Gasteiger partial charge in [0, 0.05) is 39.3 Å². The van der Waals surface area contributed by atoms with Crippen molar-refractivity contribution >= 4 is 35.9 Å². The molecule has 0 radical (unpaired) electrons. The Morgan fingerprint density at radius 1 is 1.29 bits per heavy atom. The summed E-state index contributed by atoms with van der Waals surface area (Å²) in [5.41, 5.74) is 0. The van der Waals surface area contributed by atoms with E-state index in [0.717, 1.165) is 71.1 Å². The van der Waals surface area contributed by atoms with Crippen LogP contribution in [0.3, 0.4) is 0 Å². The Morgan fingerprint density at radius 3 is 2.79 bits per heavy atom. The Balaban J connectivity index is 0.00000529. The maximum atomic E-state index is 11.0. The van der Waals surface area contributed by atoms with Crippen molar-refractivity contribution in [2.75, 3.05) is 46.6 Å². The molecule has 1 unspecified atom stereocenters. The van der Waals surface area contributed by atoms with Crippen LogP contribution in [-0.2, 0) is 19.0 Å². The molecule has 1 saturated heterocycles. The minimum atomic E-state index is -0.154. The molecule has 0 aromatic carbocycles. The van der Waals surface area contributed by atoms with Crippen LogP contribution in [0, 0.1) is 0 Å². The highest BCUT2D eigenvalue weighted by atomic mass is 127. The first kappa shape index (κ1) is 23.4. The number of unbranched alkanes of at least 4 members (excludes halogenated alkanes) is 1. The number of guanidine groups is 1. The van der Waals surface area contributed by atoms with Crippen LogP contribution in [0.2, 0.25) is 0 Å². The minimum absolute atomic E-state index is 0. The smallest absolute Gasteiger partial charge is 0.305 e. The van der Waals surface area contributed by atoms with E-state index >= 15 is 0 Å². The number of esters is 1. The summed E-state index contributed by atoms with van der Waals surface area (Å²) in [5.74, 6) is 0.660. The second-order valence-electron chi connectivity index (χ2n) is 5.43. The molecule has 0 aliphatic carbocycles. The molecule has 1 rings (SSSR count). The third-order valence-electron chi connectivity index (χ3n) is 3.49. The third kappa shape index (κ3) is 11.9. The fourth-order valence-corrected chi connectivity index (χ4v) is 2.19. The van der Waals surface area contributed by atoms with Crippen LogP contribution in [-0.4, -0.2) is 64.6 Å². The van der Waals surface area contributed by atoms with Gasteiger partial charge in [-0.15, -0.1) is 24.0 Å². The number of carbonyl (C=O) groups is 1. The average molecular weight is 457 g/mol. The molecule has 7 nitrogen and oxygen atoms in total. The number of methoxy groups -OCH3 is 1. The van der Waals surface area contributed by atoms with Crippen LogP contribution in [0.5, 0.6) is 0 Å². The number of ether oxygens (including phenoxy) is 3. The van der Waals surface area contributed by atoms with E-state index in [-0.39, 0.29) is 36.0 Å². The number of hydrogen-bond donors (Lipinski definition) is 2. The average Bonchev–Trinajstić information content (AvgIpc) is 3.07. The fourth-order valence-electron chi connectivity index (χ4n) is 2.19. The standard InChI is InChI=1S/C16H31N3O4.HI/c1-3-17-16(18-9-5-4-7-15(20)21-2)19-10-6-11-23-14-8-12-22-13-14;/h14H,3-13H2,1-2H3,(H2,17,18,19);1H. The molecule has 142 valence electrons. The van der Waals surface area contributed by atoms with Crippen LogP contribution in [0.4, 0.5) is 0 Å². The van der Waals surface area contributed by atoms with E-state index in [4.69, 9.17) is 9.47 Å². The first-order chi connectivity index (χ1) is 11.3. The van der Waals surface area contributed by atoms with Gasteiger partial charge in [0.15, 0.2) is 5.96 Å². The summed E-state index contributed by atoms with van der Waals surface area (Å²) < 4.78 is 15.6. The number of carbonyl (C=O) groups excluding carboxylic acids is 1. The second-order valence-corrected chi connectivity index (χ2v) is 5.43. The first-order valence-electron chi connectivity index (χ1n) is 8.54. The lowest BCUT2D eigenvalue weighted by atomic mass is 10.2. The second kappa shape index (κ2) is 15.9. The molecule has 2 N–H and O–H groups in total. The number of nitrogens with zero attached hydrogens (tertiary/aromatic N) is 1. The van der Waals surface area contributed by atoms with Crippen molar-refractivity contribution in [1.29, 1.82) is 0 Å². The highest BCUT2D eigenvalue weighted by Crippen LogP contribution is 2.08. The molecule has 0 aromatic heterocycles. The molecular formula is C16H32IN3O4. The SMILES string of the molecule is CCNC(=NCCCOC1CCOC1)NCCCCC(=O)OC.I. The van der Waals surface area contributed by atoms with Crippen molar-refractivity contribution in [2.24, 2.45) is 4.99 Å². The lowest BCUT2D eigenvalue weighted by molar-refractivity contribution is -0.140. The van der Waals surface area contributed by atoms with Gasteiger partial charge in [-0.25, -0.2) is 0 Å². The molecule has 0 amide bonds. The van der Waals surface area contributed by atoms with Gasteiger partial charge in [0.2, 0.25) is 0 Å². The van der Waals surface area contributed by atoms with Crippen LogP contribution in [0.1, 0.15) is 39.0 Å². The Hall–Kier alpha value is -0.610. The van der Waals surface area contributed by atoms with Gasteiger partial charge in [-0.05, 0) is 32.6 Å². The van der Waals surface area contributed by atoms with Crippen molar-refractivity contribution in [2.45, 2.75) is 45.1 Å². The Labute approximate surface area is 162 Å². The zero-order chi connectivity index (χ0) is 16.8. The number of rotatable bonds is 11. The predicted octanol–water partition coefficient (Wildman–Crippen LogP) is 1.70. The molecule has 0 spiro atoms. The summed E-state index contributed by atoms with van der Waals surface area (Å²) in [7, 11) is 1.42. The molecular weight excluding hydrogens is 425 g/mol. The van der Waals surface area contributed by atoms with Crippen molar-refractivity contribution in [3.63, 3.8) is 0 Å². The van der Waals surface area contributed by atoms with E-state index in [1.165, 1.54) is 7.11 Å². The van der Waals surface area contributed by atoms with Crippen molar-refractivity contribution in [1.82, 2.24) is 10.6 Å². The summed E-state index contributed by atoms with van der Waals surface area (Å²) in [6, 6.07) is 0. The maximum absolute atomic E-state index is 11.0. The molecule has 1 heterocycles. The van der Waals surface area contributed by atoms with Gasteiger partial charge < -0.3 is 24.8 Å². The predicted molar refractivity (Wildman–Crippen MR) is 105 cm³/mol. The molecule has 1 aliphatic heterocycles. The lowest BCUT2D eigenvalue weighted by Gasteiger charge is -2.12. The number of halogens is 1. The largest absolute Gasteiger partial charge is 0.469 e. The fraction of sp³-hybridized carbons (Fsp3) is 0.875. The van der Waals surface area contributed by atoms with Crippen molar-refractivity contribution in [3.05, 3.63) is 0 Å². The van der Waals surface area contributed by atoms with E-state index in [0.29, 0.717) is 6.42 Å². The van der Waals surface area contributed by atoms with Gasteiger partial charge >= 0.3 is 5.97 Å². The van der Waals surface area contributed by atoms with E-state index in [2.05, 4.69) is 20.4 Å². The van der Waals surface area contributed by atoms with E-state index in [1.54, 1.807) is 0 Å². The van der Waals surface area contributed by atoms with Gasteiger partial charge in [0.25, 0.3) is 0 Å². The highest BCUT2D eigenvalue weighted by Gasteiger charge is 2.15. The summed E-state index contributed by atoms with van der Waals surface area (Å²) >= 11 is 0. The van der Waals surface area contributed by atoms with Crippen LogP contribution < -0.4 is 10.6 Å². The lowest BCUT2D eigenvalue weighted by Crippen LogP contribution is -2.38. The van der Waals surface area contributed by atoms with Gasteiger partial charge in [0.1, 0.15) is 0 Å². The van der Waals surface area contributed by atoms with Crippen molar-refractivity contribution < 1.29 is 19.0 Å². The molecule has 0 bridgehead atoms. The van der Waals surface area contributed by atoms with Gasteiger partial charge in [0.05, 0.1) is 19.8 Å². The van der Waals surface area contributed by atoms with E-state index in [1.807, 2.05) is 6.92 Å². The summed E-state index contributed by atoms with van der Waals surface area (Å²) in [6.45, 7) is 6.63. The zero-order valence-electron chi connectivity index (χ0n) is 14.8. The maximum Gasteiger partial charge on any atom is 0.305 e.